The number of hydrogen-bond acceptors (Lipinski definition) is 4. The molecular weight excluding hydrogens is 413 g/mol. The molecule has 0 bridgehead atoms. The Hall–Kier alpha value is -2.83. The van der Waals surface area contributed by atoms with Gasteiger partial charge in [-0.05, 0) is 35.4 Å². The summed E-state index contributed by atoms with van der Waals surface area (Å²) in [5.41, 5.74) is 7.81. The summed E-state index contributed by atoms with van der Waals surface area (Å²) in [5.74, 6) is -3.11. The number of nitrogens with two attached hydrogens (primary N) is 1. The SMILES string of the molecule is NC(=O)[C@H]1[C@H]2C(=O)N(c3cc(Cl)cc(Cl)c3)C(=O)[C@@H]2[C@@H]2c3ccccc3C=CN12. The molecular formula is C21H15Cl2N3O3. The summed E-state index contributed by atoms with van der Waals surface area (Å²) in [6.45, 7) is 0. The van der Waals surface area contributed by atoms with E-state index in [1.807, 2.05) is 30.3 Å². The van der Waals surface area contributed by atoms with Gasteiger partial charge in [0.15, 0.2) is 0 Å². The number of amides is 3. The van der Waals surface area contributed by atoms with Crippen LogP contribution in [0, 0.1) is 11.8 Å². The summed E-state index contributed by atoms with van der Waals surface area (Å²) in [7, 11) is 0. The van der Waals surface area contributed by atoms with Gasteiger partial charge in [-0.25, -0.2) is 4.90 Å². The minimum atomic E-state index is -0.911. The smallest absolute Gasteiger partial charge is 0.240 e. The lowest BCUT2D eigenvalue weighted by molar-refractivity contribution is -0.129. The highest BCUT2D eigenvalue weighted by atomic mass is 35.5. The first-order valence-electron chi connectivity index (χ1n) is 9.06. The molecule has 8 heteroatoms. The van der Waals surface area contributed by atoms with E-state index in [0.717, 1.165) is 16.0 Å². The Morgan fingerprint density at radius 2 is 1.62 bits per heavy atom. The molecule has 29 heavy (non-hydrogen) atoms. The van der Waals surface area contributed by atoms with Gasteiger partial charge in [-0.2, -0.15) is 0 Å². The Morgan fingerprint density at radius 1 is 0.966 bits per heavy atom. The number of primary amides is 1. The van der Waals surface area contributed by atoms with Crippen molar-refractivity contribution in [3.8, 4) is 0 Å². The first kappa shape index (κ1) is 18.2. The van der Waals surface area contributed by atoms with Crippen molar-refractivity contribution in [3.05, 3.63) is 69.8 Å². The van der Waals surface area contributed by atoms with E-state index in [1.165, 1.54) is 18.2 Å². The molecule has 0 aliphatic carbocycles. The van der Waals surface area contributed by atoms with Crippen molar-refractivity contribution in [2.75, 3.05) is 4.90 Å². The Kier molecular flexibility index (Phi) is 3.98. The number of halogens is 2. The largest absolute Gasteiger partial charge is 0.368 e. The molecule has 0 spiro atoms. The summed E-state index contributed by atoms with van der Waals surface area (Å²) in [6, 6.07) is 10.8. The molecule has 0 radical (unpaired) electrons. The van der Waals surface area contributed by atoms with Crippen molar-refractivity contribution in [2.45, 2.75) is 12.1 Å². The predicted molar refractivity (Wildman–Crippen MR) is 109 cm³/mol. The Bertz CT molecular complexity index is 1100. The van der Waals surface area contributed by atoms with Crippen molar-refractivity contribution in [1.82, 2.24) is 4.90 Å². The minimum Gasteiger partial charge on any atom is -0.368 e. The molecule has 4 atom stereocenters. The van der Waals surface area contributed by atoms with Gasteiger partial charge < -0.3 is 10.6 Å². The van der Waals surface area contributed by atoms with Gasteiger partial charge in [0.1, 0.15) is 6.04 Å². The zero-order chi connectivity index (χ0) is 20.4. The van der Waals surface area contributed by atoms with Crippen LogP contribution in [0.5, 0.6) is 0 Å². The fourth-order valence-corrected chi connectivity index (χ4v) is 5.32. The van der Waals surface area contributed by atoms with E-state index in [1.54, 1.807) is 11.1 Å². The third kappa shape index (κ3) is 2.52. The van der Waals surface area contributed by atoms with Crippen molar-refractivity contribution in [3.63, 3.8) is 0 Å². The lowest BCUT2D eigenvalue weighted by atomic mass is 9.84. The molecule has 2 saturated heterocycles. The number of imide groups is 1. The van der Waals surface area contributed by atoms with Crippen molar-refractivity contribution < 1.29 is 14.4 Å². The number of benzene rings is 2. The molecule has 5 rings (SSSR count). The molecule has 0 saturated carbocycles. The molecule has 2 aromatic carbocycles. The van der Waals surface area contributed by atoms with Gasteiger partial charge in [-0.15, -0.1) is 0 Å². The number of nitrogens with zero attached hydrogens (tertiary/aromatic N) is 2. The summed E-state index contributed by atoms with van der Waals surface area (Å²) in [5, 5.41) is 0.619. The van der Waals surface area contributed by atoms with Gasteiger partial charge in [-0.3, -0.25) is 14.4 Å². The van der Waals surface area contributed by atoms with Crippen LogP contribution in [-0.2, 0) is 14.4 Å². The van der Waals surface area contributed by atoms with Crippen molar-refractivity contribution >= 4 is 52.7 Å². The summed E-state index contributed by atoms with van der Waals surface area (Å²) < 4.78 is 0. The molecule has 0 unspecified atom stereocenters. The monoisotopic (exact) mass is 427 g/mol. The zero-order valence-corrected chi connectivity index (χ0v) is 16.5. The number of fused-ring (bicyclic) bond motifs is 5. The maximum atomic E-state index is 13.5. The van der Waals surface area contributed by atoms with Crippen LogP contribution >= 0.6 is 23.2 Å². The molecule has 146 valence electrons. The summed E-state index contributed by atoms with van der Waals surface area (Å²) >= 11 is 12.2. The van der Waals surface area contributed by atoms with E-state index in [-0.39, 0.29) is 5.91 Å². The highest BCUT2D eigenvalue weighted by molar-refractivity contribution is 6.35. The molecule has 0 aromatic heterocycles. The van der Waals surface area contributed by atoms with E-state index < -0.39 is 35.7 Å². The summed E-state index contributed by atoms with van der Waals surface area (Å²) in [4.78, 5) is 42.0. The van der Waals surface area contributed by atoms with Gasteiger partial charge in [0.25, 0.3) is 0 Å². The quantitative estimate of drug-likeness (QED) is 0.746. The normalized spacial score (nSPS) is 27.1. The Labute approximate surface area is 176 Å². The predicted octanol–water partition coefficient (Wildman–Crippen LogP) is 2.99. The molecule has 2 N–H and O–H groups in total. The third-order valence-corrected chi connectivity index (χ3v) is 6.30. The van der Waals surface area contributed by atoms with Crippen LogP contribution in [0.25, 0.3) is 6.08 Å². The van der Waals surface area contributed by atoms with E-state index in [2.05, 4.69) is 0 Å². The highest BCUT2D eigenvalue weighted by Crippen LogP contribution is 2.53. The maximum absolute atomic E-state index is 13.5. The standard InChI is InChI=1S/C21H15Cl2N3O3/c22-11-7-12(23)9-13(8-11)26-20(28)15-16(21(26)29)18(19(24)27)25-6-5-10-3-1-2-4-14(10)17(15)25/h1-9,15-18H,(H2,24,27)/t15-,16-,17-,18+/m0/s1. The highest BCUT2D eigenvalue weighted by Gasteiger charge is 2.64. The number of hydrogen-bond donors (Lipinski definition) is 1. The molecule has 3 aliphatic heterocycles. The van der Waals surface area contributed by atoms with Crippen LogP contribution in [-0.4, -0.2) is 28.7 Å². The molecule has 3 aliphatic rings. The Morgan fingerprint density at radius 3 is 2.31 bits per heavy atom. The van der Waals surface area contributed by atoms with E-state index >= 15 is 0 Å². The van der Waals surface area contributed by atoms with E-state index in [0.29, 0.717) is 15.7 Å². The van der Waals surface area contributed by atoms with Gasteiger partial charge >= 0.3 is 0 Å². The lowest BCUT2D eigenvalue weighted by Gasteiger charge is -2.34. The van der Waals surface area contributed by atoms with Gasteiger partial charge in [0.2, 0.25) is 17.7 Å². The number of anilines is 1. The van der Waals surface area contributed by atoms with Gasteiger partial charge in [0, 0.05) is 16.2 Å². The van der Waals surface area contributed by atoms with Crippen molar-refractivity contribution in [2.24, 2.45) is 17.6 Å². The molecule has 3 heterocycles. The molecule has 2 fully saturated rings. The maximum Gasteiger partial charge on any atom is 0.240 e. The summed E-state index contributed by atoms with van der Waals surface area (Å²) in [6.07, 6.45) is 3.62. The van der Waals surface area contributed by atoms with E-state index in [4.69, 9.17) is 28.9 Å². The van der Waals surface area contributed by atoms with Gasteiger partial charge in [-0.1, -0.05) is 47.5 Å². The van der Waals surface area contributed by atoms with E-state index in [9.17, 15) is 14.4 Å². The van der Waals surface area contributed by atoms with Crippen LogP contribution in [0.2, 0.25) is 10.0 Å². The van der Waals surface area contributed by atoms with Crippen LogP contribution < -0.4 is 10.6 Å². The van der Waals surface area contributed by atoms with Crippen LogP contribution in [0.3, 0.4) is 0 Å². The number of carbonyl (C=O) groups excluding carboxylic acids is 3. The first-order chi connectivity index (χ1) is 13.9. The fraction of sp³-hybridized carbons (Fsp3) is 0.190. The fourth-order valence-electron chi connectivity index (χ4n) is 4.81. The second-order valence-electron chi connectivity index (χ2n) is 7.38. The first-order valence-corrected chi connectivity index (χ1v) is 9.82. The second-order valence-corrected chi connectivity index (χ2v) is 8.25. The van der Waals surface area contributed by atoms with Crippen LogP contribution in [0.15, 0.2) is 48.7 Å². The number of rotatable bonds is 2. The molecule has 6 nitrogen and oxygen atoms in total. The van der Waals surface area contributed by atoms with Crippen LogP contribution in [0.1, 0.15) is 17.2 Å². The molecule has 3 amide bonds. The van der Waals surface area contributed by atoms with Gasteiger partial charge in [0.05, 0.1) is 23.6 Å². The third-order valence-electron chi connectivity index (χ3n) is 5.86. The molecule has 2 aromatic rings. The Balaban J connectivity index is 1.66. The average Bonchev–Trinajstić information content (AvgIpc) is 3.14. The average molecular weight is 428 g/mol. The minimum absolute atomic E-state index is 0.293. The zero-order valence-electron chi connectivity index (χ0n) is 15.0. The second kappa shape index (κ2) is 6.34. The topological polar surface area (TPSA) is 83.7 Å². The lowest BCUT2D eigenvalue weighted by Crippen LogP contribution is -2.46. The van der Waals surface area contributed by atoms with Crippen molar-refractivity contribution in [1.29, 1.82) is 0 Å². The van der Waals surface area contributed by atoms with Crippen LogP contribution in [0.4, 0.5) is 5.69 Å². The number of carbonyl (C=O) groups is 3.